The third-order valence-corrected chi connectivity index (χ3v) is 14.0. The molecule has 4 unspecified atom stereocenters. The fourth-order valence-corrected chi connectivity index (χ4v) is 10.5. The van der Waals surface area contributed by atoms with E-state index in [1.165, 1.54) is 100 Å². The van der Waals surface area contributed by atoms with Crippen LogP contribution in [0.25, 0.3) is 44.5 Å². The Hall–Kier alpha value is -4.74. The van der Waals surface area contributed by atoms with E-state index < -0.39 is 0 Å². The number of hydrogen-bond acceptors (Lipinski definition) is 2. The Labute approximate surface area is 318 Å². The normalized spacial score (nSPS) is 15.4. The van der Waals surface area contributed by atoms with Crippen LogP contribution in [0.2, 0.25) is 0 Å². The average molecular weight is 731 g/mol. The molecule has 53 heavy (non-hydrogen) atoms. The van der Waals surface area contributed by atoms with E-state index in [-0.39, 0.29) is 12.2 Å². The molecule has 8 rings (SSSR count). The molecule has 1 aliphatic rings. The Kier molecular flexibility index (Phi) is 9.49. The molecule has 4 atom stereocenters. The van der Waals surface area contributed by atoms with Crippen LogP contribution in [-0.2, 0) is 6.42 Å². The van der Waals surface area contributed by atoms with Gasteiger partial charge in [0, 0.05) is 17.5 Å². The van der Waals surface area contributed by atoms with Gasteiger partial charge >= 0.3 is 0 Å². The topological polar surface area (TPSA) is 18.5 Å². The molecule has 2 nitrogen and oxygen atoms in total. The predicted molar refractivity (Wildman–Crippen MR) is 229 cm³/mol. The van der Waals surface area contributed by atoms with E-state index in [2.05, 4.69) is 164 Å². The van der Waals surface area contributed by atoms with Crippen molar-refractivity contribution in [3.8, 4) is 55.5 Å². The standard InChI is InChI=1S/C49H48O2P2/c1-28-15-11-21-37(32(28)5)42-26-52-48(45(42)39-23-13-17-30(3)34(39)7)50-44-25-36-19-9-10-20-41(36)47(44)51-49-46(40-24-14-18-31(4)35(40)8)43(27-53-49)38-22-12-16-29(2)33(38)6/h9-24,26-27,44,47,52-53H,25H2,1-8H3. The summed E-state index contributed by atoms with van der Waals surface area (Å²) in [5, 5.41) is 0. The van der Waals surface area contributed by atoms with Crippen LogP contribution in [0.4, 0.5) is 0 Å². The van der Waals surface area contributed by atoms with Gasteiger partial charge in [-0.25, -0.2) is 0 Å². The van der Waals surface area contributed by atoms with Crippen molar-refractivity contribution >= 4 is 16.4 Å². The molecule has 0 bridgehead atoms. The Bertz CT molecular complexity index is 2500. The fraction of sp³-hybridized carbons (Fsp3) is 0.224. The van der Waals surface area contributed by atoms with Crippen LogP contribution >= 0.6 is 16.4 Å². The maximum Gasteiger partial charge on any atom is 0.161 e. The molecule has 0 saturated heterocycles. The van der Waals surface area contributed by atoms with E-state index in [0.29, 0.717) is 16.4 Å². The predicted octanol–water partition coefficient (Wildman–Crippen LogP) is 14.0. The Morgan fingerprint density at radius 2 is 0.849 bits per heavy atom. The molecule has 0 amide bonds. The van der Waals surface area contributed by atoms with Crippen LogP contribution in [0.3, 0.4) is 0 Å². The lowest BCUT2D eigenvalue weighted by molar-refractivity contribution is 0.0737. The summed E-state index contributed by atoms with van der Waals surface area (Å²) in [4.78, 5) is 0. The molecule has 266 valence electrons. The number of fused-ring (bicyclic) bond motifs is 1. The first kappa shape index (κ1) is 35.3. The maximum atomic E-state index is 7.41. The van der Waals surface area contributed by atoms with Crippen molar-refractivity contribution in [3.05, 3.63) is 164 Å². The molecule has 0 fully saturated rings. The van der Waals surface area contributed by atoms with Crippen LogP contribution in [0.1, 0.15) is 61.7 Å². The zero-order chi connectivity index (χ0) is 37.0. The summed E-state index contributed by atoms with van der Waals surface area (Å²) in [6.07, 6.45) is 0.408. The third kappa shape index (κ3) is 6.27. The van der Waals surface area contributed by atoms with Gasteiger partial charge in [-0.2, -0.15) is 0 Å². The second kappa shape index (κ2) is 14.2. The summed E-state index contributed by atoms with van der Waals surface area (Å²) in [5.41, 5.74) is 25.2. The number of hydrogen-bond donors (Lipinski definition) is 0. The molecule has 4 heteroatoms. The van der Waals surface area contributed by atoms with Gasteiger partial charge in [0.05, 0.1) is 0 Å². The molecule has 7 aromatic rings. The molecule has 0 aliphatic heterocycles. The lowest BCUT2D eigenvalue weighted by Crippen LogP contribution is -2.25. The van der Waals surface area contributed by atoms with Crippen molar-refractivity contribution < 1.29 is 9.47 Å². The van der Waals surface area contributed by atoms with Crippen molar-refractivity contribution in [2.75, 3.05) is 0 Å². The molecule has 2 heterocycles. The van der Waals surface area contributed by atoms with Gasteiger partial charge in [0.1, 0.15) is 17.1 Å². The molecular formula is C49H48O2P2. The highest BCUT2D eigenvalue weighted by atomic mass is 31.0. The second-order valence-corrected chi connectivity index (χ2v) is 17.0. The van der Waals surface area contributed by atoms with Crippen LogP contribution in [0.5, 0.6) is 11.0 Å². The summed E-state index contributed by atoms with van der Waals surface area (Å²) >= 11 is 0. The highest BCUT2D eigenvalue weighted by molar-refractivity contribution is 7.33. The third-order valence-electron chi connectivity index (χ3n) is 11.9. The number of benzene rings is 5. The van der Waals surface area contributed by atoms with Crippen LogP contribution in [0, 0.1) is 55.4 Å². The molecule has 2 aromatic heterocycles. The van der Waals surface area contributed by atoms with Gasteiger partial charge in [-0.05, 0) is 156 Å². The molecule has 0 saturated carbocycles. The molecule has 1 aliphatic carbocycles. The van der Waals surface area contributed by atoms with E-state index in [4.69, 9.17) is 9.47 Å². The average Bonchev–Trinajstić information content (AvgIpc) is 3.85. The van der Waals surface area contributed by atoms with Crippen LogP contribution < -0.4 is 9.47 Å². The van der Waals surface area contributed by atoms with Crippen molar-refractivity contribution in [2.24, 2.45) is 0 Å². The molecule has 5 aromatic carbocycles. The summed E-state index contributed by atoms with van der Waals surface area (Å²) in [7, 11) is 0.856. The fourth-order valence-electron chi connectivity index (χ4n) is 8.13. The van der Waals surface area contributed by atoms with Gasteiger partial charge in [-0.1, -0.05) is 113 Å². The Morgan fingerprint density at radius 1 is 0.434 bits per heavy atom. The Morgan fingerprint density at radius 3 is 1.34 bits per heavy atom. The summed E-state index contributed by atoms with van der Waals surface area (Å²) in [6, 6.07) is 35.4. The monoisotopic (exact) mass is 730 g/mol. The quantitative estimate of drug-likeness (QED) is 0.155. The van der Waals surface area contributed by atoms with Crippen LogP contribution in [-0.4, -0.2) is 6.10 Å². The summed E-state index contributed by atoms with van der Waals surface area (Å²) in [6.45, 7) is 17.8. The van der Waals surface area contributed by atoms with E-state index in [1.54, 1.807) is 0 Å². The van der Waals surface area contributed by atoms with Crippen molar-refractivity contribution in [1.29, 1.82) is 0 Å². The van der Waals surface area contributed by atoms with Gasteiger partial charge in [-0.15, -0.1) is 0 Å². The van der Waals surface area contributed by atoms with E-state index >= 15 is 0 Å². The highest BCUT2D eigenvalue weighted by Crippen LogP contribution is 2.54. The Balaban J connectivity index is 1.26. The van der Waals surface area contributed by atoms with Crippen molar-refractivity contribution in [3.63, 3.8) is 0 Å². The van der Waals surface area contributed by atoms with E-state index in [0.717, 1.165) is 17.4 Å². The smallest absolute Gasteiger partial charge is 0.161 e. The van der Waals surface area contributed by atoms with Gasteiger partial charge in [-0.3, -0.25) is 0 Å². The van der Waals surface area contributed by atoms with Crippen LogP contribution in [0.15, 0.2) is 109 Å². The molecule has 0 N–H and O–H groups in total. The molecule has 0 radical (unpaired) electrons. The minimum atomic E-state index is -0.234. The lowest BCUT2D eigenvalue weighted by atomic mass is 9.90. The van der Waals surface area contributed by atoms with Gasteiger partial charge < -0.3 is 9.47 Å². The summed E-state index contributed by atoms with van der Waals surface area (Å²) in [5.74, 6) is 4.82. The zero-order valence-corrected chi connectivity index (χ0v) is 34.1. The number of aryl methyl sites for hydroxylation is 4. The van der Waals surface area contributed by atoms with Crippen molar-refractivity contribution in [1.82, 2.24) is 0 Å². The van der Waals surface area contributed by atoms with E-state index in [1.807, 2.05) is 0 Å². The van der Waals surface area contributed by atoms with Crippen molar-refractivity contribution in [2.45, 2.75) is 74.0 Å². The SMILES string of the molecule is Cc1cccc(-c2c[pH]c(OC3Cc4ccccc4C3Oc3[pH]cc(-c4cccc(C)c4C)c3-c3cccc(C)c3C)c2-c2cccc(C)c2C)c1C. The lowest BCUT2D eigenvalue weighted by Gasteiger charge is -2.25. The number of rotatable bonds is 8. The minimum absolute atomic E-state index is 0.164. The van der Waals surface area contributed by atoms with Gasteiger partial charge in [0.25, 0.3) is 0 Å². The molecule has 0 spiro atoms. The first-order valence-corrected chi connectivity index (χ1v) is 20.9. The zero-order valence-electron chi connectivity index (χ0n) is 32.1. The maximum absolute atomic E-state index is 7.41. The number of ether oxygens (including phenoxy) is 2. The summed E-state index contributed by atoms with van der Waals surface area (Å²) < 4.78 is 14.8. The highest BCUT2D eigenvalue weighted by Gasteiger charge is 2.38. The largest absolute Gasteiger partial charge is 0.482 e. The first-order chi connectivity index (χ1) is 25.6. The minimum Gasteiger partial charge on any atom is -0.482 e. The molecular weight excluding hydrogens is 682 g/mol. The van der Waals surface area contributed by atoms with Gasteiger partial charge in [0.2, 0.25) is 0 Å². The second-order valence-electron chi connectivity index (χ2n) is 14.9. The van der Waals surface area contributed by atoms with E-state index in [9.17, 15) is 0 Å². The van der Waals surface area contributed by atoms with Gasteiger partial charge in [0.15, 0.2) is 6.10 Å². The first-order valence-electron chi connectivity index (χ1n) is 18.7.